The van der Waals surface area contributed by atoms with E-state index in [0.29, 0.717) is 10.7 Å². The number of carbonyl (C=O) groups excluding carboxylic acids is 1. The molecule has 1 heterocycles. The molecule has 1 aliphatic heterocycles. The molecule has 0 atom stereocenters. The van der Waals surface area contributed by atoms with Gasteiger partial charge in [-0.2, -0.15) is 0 Å². The smallest absolute Gasteiger partial charge is 0.257 e. The third kappa shape index (κ3) is 4.94. The summed E-state index contributed by atoms with van der Waals surface area (Å²) in [5, 5.41) is 6.27. The predicted molar refractivity (Wildman–Crippen MR) is 120 cm³/mol. The van der Waals surface area contributed by atoms with Crippen LogP contribution < -0.4 is 15.5 Å². The predicted octanol–water partition coefficient (Wildman–Crippen LogP) is 4.65. The number of halogens is 1. The first kappa shape index (κ1) is 19.1. The first-order valence-corrected chi connectivity index (χ1v) is 10.2. The van der Waals surface area contributed by atoms with Crippen LogP contribution in [0.2, 0.25) is 0 Å². The molecule has 0 aromatic heterocycles. The molecule has 2 aromatic carbocycles. The Morgan fingerprint density at radius 2 is 1.88 bits per heavy atom. The largest absolute Gasteiger partial charge is 0.370 e. The number of anilines is 2. The van der Waals surface area contributed by atoms with Crippen LogP contribution in [0.5, 0.6) is 0 Å². The van der Waals surface area contributed by atoms with E-state index >= 15 is 0 Å². The molecule has 1 saturated heterocycles. The van der Waals surface area contributed by atoms with Gasteiger partial charge in [0.25, 0.3) is 5.91 Å². The number of rotatable bonds is 3. The molecule has 3 rings (SSSR count). The molecule has 1 amide bonds. The highest BCUT2D eigenvalue weighted by Crippen LogP contribution is 2.29. The summed E-state index contributed by atoms with van der Waals surface area (Å²) in [5.41, 5.74) is 2.65. The van der Waals surface area contributed by atoms with Crippen LogP contribution in [-0.4, -0.2) is 24.1 Å². The highest BCUT2D eigenvalue weighted by Gasteiger charge is 2.18. The van der Waals surface area contributed by atoms with E-state index in [1.54, 1.807) is 6.07 Å². The standard InChI is InChI=1S/C20H22IN3OS/c1-14-9-11-24(12-10-14)18-8-3-2-7-17(18)22-20(26)23-19(25)15-5-4-6-16(21)13-15/h2-8,13-14H,9-12H2,1H3,(H2,22,23,25,26). The van der Waals surface area contributed by atoms with Gasteiger partial charge in [-0.15, -0.1) is 0 Å². The zero-order valence-electron chi connectivity index (χ0n) is 14.7. The van der Waals surface area contributed by atoms with Crippen molar-refractivity contribution in [3.05, 3.63) is 57.7 Å². The first-order valence-electron chi connectivity index (χ1n) is 8.75. The van der Waals surface area contributed by atoms with Crippen molar-refractivity contribution in [1.29, 1.82) is 0 Å². The van der Waals surface area contributed by atoms with Gasteiger partial charge in [-0.3, -0.25) is 10.1 Å². The molecule has 1 aliphatic rings. The highest BCUT2D eigenvalue weighted by molar-refractivity contribution is 14.1. The van der Waals surface area contributed by atoms with Crippen LogP contribution in [-0.2, 0) is 0 Å². The SMILES string of the molecule is CC1CCN(c2ccccc2NC(=S)NC(=O)c2cccc(I)c2)CC1. The van der Waals surface area contributed by atoms with E-state index in [9.17, 15) is 4.79 Å². The second kappa shape index (κ2) is 8.81. The van der Waals surface area contributed by atoms with Crippen LogP contribution in [0.25, 0.3) is 0 Å². The van der Waals surface area contributed by atoms with Gasteiger partial charge in [0.05, 0.1) is 11.4 Å². The summed E-state index contributed by atoms with van der Waals surface area (Å²) in [4.78, 5) is 14.7. The van der Waals surface area contributed by atoms with E-state index in [4.69, 9.17) is 12.2 Å². The van der Waals surface area contributed by atoms with Crippen molar-refractivity contribution in [2.45, 2.75) is 19.8 Å². The van der Waals surface area contributed by atoms with Crippen LogP contribution in [0.1, 0.15) is 30.1 Å². The van der Waals surface area contributed by atoms with Gasteiger partial charge in [0.15, 0.2) is 5.11 Å². The lowest BCUT2D eigenvalue weighted by Gasteiger charge is -2.33. The van der Waals surface area contributed by atoms with Gasteiger partial charge >= 0.3 is 0 Å². The summed E-state index contributed by atoms with van der Waals surface area (Å²) in [5.74, 6) is 0.575. The summed E-state index contributed by atoms with van der Waals surface area (Å²) in [6.45, 7) is 4.39. The molecule has 0 aliphatic carbocycles. The third-order valence-corrected chi connectivity index (χ3v) is 5.47. The van der Waals surface area contributed by atoms with Crippen molar-refractivity contribution >= 4 is 57.2 Å². The number of benzene rings is 2. The van der Waals surface area contributed by atoms with E-state index in [1.165, 1.54) is 12.8 Å². The van der Waals surface area contributed by atoms with E-state index in [2.05, 4.69) is 51.1 Å². The second-order valence-electron chi connectivity index (χ2n) is 6.61. The van der Waals surface area contributed by atoms with Gasteiger partial charge in [0, 0.05) is 22.2 Å². The summed E-state index contributed by atoms with van der Waals surface area (Å²) < 4.78 is 1.01. The minimum Gasteiger partial charge on any atom is -0.370 e. The number of carbonyl (C=O) groups is 1. The Kier molecular flexibility index (Phi) is 6.48. The Labute approximate surface area is 173 Å². The van der Waals surface area contributed by atoms with Crippen LogP contribution in [0.15, 0.2) is 48.5 Å². The Hall–Kier alpha value is -1.67. The molecule has 4 nitrogen and oxygen atoms in total. The average Bonchev–Trinajstić information content (AvgIpc) is 2.63. The topological polar surface area (TPSA) is 44.4 Å². The normalized spacial score (nSPS) is 14.8. The molecule has 0 spiro atoms. The quantitative estimate of drug-likeness (QED) is 0.497. The Morgan fingerprint density at radius 3 is 2.62 bits per heavy atom. The maximum absolute atomic E-state index is 12.4. The number of nitrogens with zero attached hydrogens (tertiary/aromatic N) is 1. The number of para-hydroxylation sites is 2. The molecule has 0 bridgehead atoms. The molecular formula is C20H22IN3OS. The Bertz CT molecular complexity index is 803. The molecule has 6 heteroatoms. The van der Waals surface area contributed by atoms with Gasteiger partial charge in [0.1, 0.15) is 0 Å². The third-order valence-electron chi connectivity index (χ3n) is 4.59. The van der Waals surface area contributed by atoms with E-state index < -0.39 is 0 Å². The number of amides is 1. The highest BCUT2D eigenvalue weighted by atomic mass is 127. The zero-order valence-corrected chi connectivity index (χ0v) is 17.6. The fraction of sp³-hybridized carbons (Fsp3) is 0.300. The van der Waals surface area contributed by atoms with Gasteiger partial charge in [-0.25, -0.2) is 0 Å². The monoisotopic (exact) mass is 479 g/mol. The van der Waals surface area contributed by atoms with Gasteiger partial charge < -0.3 is 10.2 Å². The van der Waals surface area contributed by atoms with Gasteiger partial charge in [-0.05, 0) is 83.9 Å². The average molecular weight is 479 g/mol. The van der Waals surface area contributed by atoms with Gasteiger partial charge in [0.2, 0.25) is 0 Å². The molecule has 26 heavy (non-hydrogen) atoms. The van der Waals surface area contributed by atoms with Crippen LogP contribution in [0, 0.1) is 9.49 Å². The molecule has 2 aromatic rings. The Balaban J connectivity index is 1.67. The summed E-state index contributed by atoms with van der Waals surface area (Å²) in [7, 11) is 0. The molecule has 0 saturated carbocycles. The number of thiocarbonyl (C=S) groups is 1. The molecular weight excluding hydrogens is 457 g/mol. The summed E-state index contributed by atoms with van der Waals surface area (Å²) in [6.07, 6.45) is 2.39. The zero-order chi connectivity index (χ0) is 18.5. The second-order valence-corrected chi connectivity index (χ2v) is 8.26. The molecule has 0 unspecified atom stereocenters. The Morgan fingerprint density at radius 1 is 1.15 bits per heavy atom. The summed E-state index contributed by atoms with van der Waals surface area (Å²) >= 11 is 7.55. The molecule has 0 radical (unpaired) electrons. The first-order chi connectivity index (χ1) is 12.5. The number of piperidine rings is 1. The van der Waals surface area contributed by atoms with Crippen LogP contribution >= 0.6 is 34.8 Å². The van der Waals surface area contributed by atoms with Crippen LogP contribution in [0.4, 0.5) is 11.4 Å². The number of hydrogen-bond donors (Lipinski definition) is 2. The van der Waals surface area contributed by atoms with Crippen molar-refractivity contribution in [2.75, 3.05) is 23.3 Å². The van der Waals surface area contributed by atoms with E-state index in [1.807, 2.05) is 36.4 Å². The van der Waals surface area contributed by atoms with Crippen molar-refractivity contribution in [2.24, 2.45) is 5.92 Å². The maximum Gasteiger partial charge on any atom is 0.257 e. The minimum absolute atomic E-state index is 0.203. The van der Waals surface area contributed by atoms with Crippen LogP contribution in [0.3, 0.4) is 0 Å². The minimum atomic E-state index is -0.203. The fourth-order valence-electron chi connectivity index (χ4n) is 3.06. The van der Waals surface area contributed by atoms with E-state index in [0.717, 1.165) is 34.0 Å². The fourth-order valence-corrected chi connectivity index (χ4v) is 3.81. The summed E-state index contributed by atoms with van der Waals surface area (Å²) in [6, 6.07) is 15.5. The molecule has 1 fully saturated rings. The lowest BCUT2D eigenvalue weighted by Crippen LogP contribution is -2.36. The van der Waals surface area contributed by atoms with E-state index in [-0.39, 0.29) is 5.91 Å². The van der Waals surface area contributed by atoms with Crippen molar-refractivity contribution in [3.8, 4) is 0 Å². The van der Waals surface area contributed by atoms with Gasteiger partial charge in [-0.1, -0.05) is 25.1 Å². The molecule has 2 N–H and O–H groups in total. The van der Waals surface area contributed by atoms with Crippen molar-refractivity contribution in [3.63, 3.8) is 0 Å². The number of nitrogens with one attached hydrogen (secondary N) is 2. The molecule has 136 valence electrons. The van der Waals surface area contributed by atoms with Crippen molar-refractivity contribution in [1.82, 2.24) is 5.32 Å². The lowest BCUT2D eigenvalue weighted by atomic mass is 9.98. The number of hydrogen-bond acceptors (Lipinski definition) is 3. The lowest BCUT2D eigenvalue weighted by molar-refractivity contribution is 0.0977. The van der Waals surface area contributed by atoms with Crippen molar-refractivity contribution < 1.29 is 4.79 Å². The maximum atomic E-state index is 12.4.